The highest BCUT2D eigenvalue weighted by atomic mass is 15.0. The van der Waals surface area contributed by atoms with Gasteiger partial charge in [0.25, 0.3) is 0 Å². The maximum Gasteiger partial charge on any atom is 0.155 e. The van der Waals surface area contributed by atoms with Crippen molar-refractivity contribution < 1.29 is 0 Å². The summed E-state index contributed by atoms with van der Waals surface area (Å²) in [6.07, 6.45) is 0. The van der Waals surface area contributed by atoms with E-state index in [2.05, 4.69) is 107 Å². The normalized spacial score (nSPS) is 12.1. The van der Waals surface area contributed by atoms with Gasteiger partial charge in [-0.2, -0.15) is 0 Å². The van der Waals surface area contributed by atoms with Crippen molar-refractivity contribution in [2.45, 2.75) is 62.8 Å². The molecule has 264 valence electrons. The highest BCUT2D eigenvalue weighted by Crippen LogP contribution is 2.25. The summed E-state index contributed by atoms with van der Waals surface area (Å²) in [5.74, 6) is 1.67. The van der Waals surface area contributed by atoms with Crippen LogP contribution in [0.2, 0.25) is 0 Å². The Morgan fingerprint density at radius 2 is 0.745 bits per heavy atom. The van der Waals surface area contributed by atoms with Crippen molar-refractivity contribution in [3.63, 3.8) is 0 Å². The molecule has 8 rings (SSSR count). The lowest BCUT2D eigenvalue weighted by Crippen LogP contribution is -2.02. The fraction of sp³-hybridized carbons (Fsp3) is 0.234. The van der Waals surface area contributed by atoms with E-state index in [4.69, 9.17) is 9.98 Å². The molecule has 2 aliphatic heterocycles. The molecule has 0 saturated carbocycles. The number of benzene rings is 6. The van der Waals surface area contributed by atoms with Crippen molar-refractivity contribution in [2.75, 3.05) is 13.1 Å². The van der Waals surface area contributed by atoms with E-state index in [1.165, 1.54) is 27.1 Å². The molecule has 0 aliphatic carbocycles. The molecule has 0 spiro atoms. The number of amidine groups is 2. The first-order valence-corrected chi connectivity index (χ1v) is 18.1. The van der Waals surface area contributed by atoms with Gasteiger partial charge in [0.15, 0.2) is 11.7 Å². The second-order valence-corrected chi connectivity index (χ2v) is 10.2. The van der Waals surface area contributed by atoms with Crippen LogP contribution in [0, 0.1) is 0 Å². The van der Waals surface area contributed by atoms with Crippen molar-refractivity contribution in [3.8, 4) is 0 Å². The summed E-state index contributed by atoms with van der Waals surface area (Å²) in [5.41, 5.74) is 6.61. The highest BCUT2D eigenvalue weighted by molar-refractivity contribution is 6.23. The standard InChI is InChI=1S/C23H16N2.C15H12N2.4C2H6.CH4/c1-3-11-18-16(7-1)9-5-13-20(18)22-15-24-23(25-22)21-14-6-10-17-8-2-4-12-19(17)21;1-3-7-12(8-4-1)14-11-16-15(17-14)13-9-5-2-6-10-13;4*1-2;/h1-14H,15H2;1-10H,11H2;4*1-2H3;1H4. The largest absolute Gasteiger partial charge is 0.260 e. The monoisotopic (exact) mass is 676 g/mol. The molecule has 51 heavy (non-hydrogen) atoms. The predicted molar refractivity (Wildman–Crippen MR) is 229 cm³/mol. The Morgan fingerprint density at radius 1 is 0.353 bits per heavy atom. The first-order valence-electron chi connectivity index (χ1n) is 18.1. The summed E-state index contributed by atoms with van der Waals surface area (Å²) in [5, 5.41) is 4.89. The van der Waals surface area contributed by atoms with Crippen LogP contribution < -0.4 is 0 Å². The second kappa shape index (κ2) is 23.0. The van der Waals surface area contributed by atoms with E-state index in [-0.39, 0.29) is 7.43 Å². The zero-order chi connectivity index (χ0) is 36.1. The Kier molecular flexibility index (Phi) is 18.8. The third-order valence-electron chi connectivity index (χ3n) is 7.51. The molecule has 0 unspecified atom stereocenters. The van der Waals surface area contributed by atoms with E-state index in [1.807, 2.05) is 104 Å². The average Bonchev–Trinajstić information content (AvgIpc) is 3.93. The minimum atomic E-state index is 0. The molecule has 6 aromatic carbocycles. The number of rotatable bonds is 4. The van der Waals surface area contributed by atoms with Gasteiger partial charge in [-0.05, 0) is 27.1 Å². The molecule has 0 fully saturated rings. The SMILES string of the molecule is C.CC.CC.CC.CC.c1ccc(C2=NC(c3ccccc3)=NC2)cc1.c1ccc2c(C3=NC(c4cccc5ccccc45)=NC3)cccc2c1. The summed E-state index contributed by atoms with van der Waals surface area (Å²) in [7, 11) is 0. The van der Waals surface area contributed by atoms with Gasteiger partial charge < -0.3 is 0 Å². The zero-order valence-electron chi connectivity index (χ0n) is 31.1. The molecule has 0 bridgehead atoms. The number of fused-ring (bicyclic) bond motifs is 2. The van der Waals surface area contributed by atoms with Gasteiger partial charge in [0.1, 0.15) is 0 Å². The van der Waals surface area contributed by atoms with Gasteiger partial charge in [-0.3, -0.25) is 9.98 Å². The first-order chi connectivity index (χ1) is 24.8. The molecular weight excluding hydrogens is 621 g/mol. The molecule has 6 aromatic rings. The van der Waals surface area contributed by atoms with E-state index < -0.39 is 0 Å². The Hall–Kier alpha value is -5.48. The Labute approximate surface area is 307 Å². The third kappa shape index (κ3) is 10.8. The average molecular weight is 677 g/mol. The van der Waals surface area contributed by atoms with Gasteiger partial charge in [0.05, 0.1) is 24.5 Å². The molecule has 0 saturated heterocycles. The molecule has 0 atom stereocenters. The fourth-order valence-corrected chi connectivity index (χ4v) is 5.41. The smallest absolute Gasteiger partial charge is 0.155 e. The lowest BCUT2D eigenvalue weighted by molar-refractivity contribution is 1.33. The number of aliphatic imine (C=N–C) groups is 4. The Bertz CT molecular complexity index is 2010. The van der Waals surface area contributed by atoms with E-state index in [9.17, 15) is 0 Å². The van der Waals surface area contributed by atoms with Crippen LogP contribution in [-0.4, -0.2) is 36.2 Å². The summed E-state index contributed by atoms with van der Waals surface area (Å²) in [6, 6.07) is 49.8. The maximum absolute atomic E-state index is 4.90. The summed E-state index contributed by atoms with van der Waals surface area (Å²) in [4.78, 5) is 18.7. The van der Waals surface area contributed by atoms with Crippen LogP contribution in [0.25, 0.3) is 21.5 Å². The molecule has 4 heteroatoms. The predicted octanol–water partition coefficient (Wildman–Crippen LogP) is 12.9. The van der Waals surface area contributed by atoms with Gasteiger partial charge in [-0.25, -0.2) is 9.98 Å². The van der Waals surface area contributed by atoms with E-state index in [1.54, 1.807) is 0 Å². The quantitative estimate of drug-likeness (QED) is 0.178. The van der Waals surface area contributed by atoms with Gasteiger partial charge in [0, 0.05) is 16.7 Å². The Morgan fingerprint density at radius 3 is 1.31 bits per heavy atom. The molecule has 4 nitrogen and oxygen atoms in total. The molecule has 0 N–H and O–H groups in total. The lowest BCUT2D eigenvalue weighted by Gasteiger charge is -2.06. The van der Waals surface area contributed by atoms with E-state index in [0.717, 1.165) is 39.8 Å². The second-order valence-electron chi connectivity index (χ2n) is 10.2. The van der Waals surface area contributed by atoms with Crippen LogP contribution in [0.1, 0.15) is 85.1 Å². The van der Waals surface area contributed by atoms with Crippen LogP contribution >= 0.6 is 0 Å². The van der Waals surface area contributed by atoms with Gasteiger partial charge in [-0.1, -0.05) is 208 Å². The van der Waals surface area contributed by atoms with Crippen LogP contribution in [0.3, 0.4) is 0 Å². The van der Waals surface area contributed by atoms with Crippen LogP contribution in [0.5, 0.6) is 0 Å². The minimum absolute atomic E-state index is 0. The van der Waals surface area contributed by atoms with Crippen molar-refractivity contribution in [2.24, 2.45) is 20.0 Å². The lowest BCUT2D eigenvalue weighted by atomic mass is 10.0. The van der Waals surface area contributed by atoms with Gasteiger partial charge >= 0.3 is 0 Å². The molecule has 0 radical (unpaired) electrons. The van der Waals surface area contributed by atoms with Crippen molar-refractivity contribution in [1.29, 1.82) is 0 Å². The molecule has 2 heterocycles. The fourth-order valence-electron chi connectivity index (χ4n) is 5.41. The number of nitrogens with zero attached hydrogens (tertiary/aromatic N) is 4. The minimum Gasteiger partial charge on any atom is -0.260 e. The number of hydrogen-bond acceptors (Lipinski definition) is 4. The van der Waals surface area contributed by atoms with Crippen molar-refractivity contribution in [3.05, 3.63) is 168 Å². The van der Waals surface area contributed by atoms with E-state index in [0.29, 0.717) is 13.1 Å². The summed E-state index contributed by atoms with van der Waals surface area (Å²) < 4.78 is 0. The highest BCUT2D eigenvalue weighted by Gasteiger charge is 2.17. The maximum atomic E-state index is 4.90. The van der Waals surface area contributed by atoms with Crippen molar-refractivity contribution in [1.82, 2.24) is 0 Å². The van der Waals surface area contributed by atoms with E-state index >= 15 is 0 Å². The molecule has 0 amide bonds. The van der Waals surface area contributed by atoms with Crippen LogP contribution in [0.4, 0.5) is 0 Å². The van der Waals surface area contributed by atoms with Gasteiger partial charge in [0.2, 0.25) is 0 Å². The third-order valence-corrected chi connectivity index (χ3v) is 7.51. The molecular formula is C47H56N4. The summed E-state index contributed by atoms with van der Waals surface area (Å²) in [6.45, 7) is 17.3. The van der Waals surface area contributed by atoms with Crippen LogP contribution in [-0.2, 0) is 0 Å². The topological polar surface area (TPSA) is 49.4 Å². The number of hydrogen-bond donors (Lipinski definition) is 0. The van der Waals surface area contributed by atoms with Crippen molar-refractivity contribution >= 4 is 44.6 Å². The first kappa shape index (κ1) is 41.7. The zero-order valence-corrected chi connectivity index (χ0v) is 31.1. The van der Waals surface area contributed by atoms with Crippen LogP contribution in [0.15, 0.2) is 166 Å². The molecule has 0 aromatic heterocycles. The Balaban J connectivity index is 0.000000304. The van der Waals surface area contributed by atoms with Gasteiger partial charge in [-0.15, -0.1) is 0 Å². The summed E-state index contributed by atoms with van der Waals surface area (Å²) >= 11 is 0. The molecule has 2 aliphatic rings.